The quantitative estimate of drug-likeness (QED) is 0.882. The van der Waals surface area contributed by atoms with Crippen LogP contribution in [0.5, 0.6) is 11.5 Å². The highest BCUT2D eigenvalue weighted by Gasteiger charge is 2.23. The lowest BCUT2D eigenvalue weighted by Crippen LogP contribution is -2.09. The van der Waals surface area contributed by atoms with Crippen molar-refractivity contribution in [2.75, 3.05) is 7.11 Å². The van der Waals surface area contributed by atoms with Gasteiger partial charge in [0.05, 0.1) is 7.11 Å². The number of ether oxygens (including phenoxy) is 1. The molecule has 0 unspecified atom stereocenters. The van der Waals surface area contributed by atoms with Crippen molar-refractivity contribution in [1.29, 1.82) is 0 Å². The van der Waals surface area contributed by atoms with Crippen LogP contribution in [-0.4, -0.2) is 12.2 Å². The van der Waals surface area contributed by atoms with E-state index in [4.69, 9.17) is 4.74 Å². The summed E-state index contributed by atoms with van der Waals surface area (Å²) in [7, 11) is 1.71. The number of aromatic hydroxyl groups is 1. The molecule has 21 heavy (non-hydrogen) atoms. The molecule has 2 aromatic rings. The molecule has 1 aliphatic carbocycles. The summed E-state index contributed by atoms with van der Waals surface area (Å²) >= 11 is 0. The molecular formula is C19H20O2. The van der Waals surface area contributed by atoms with Crippen LogP contribution in [0.4, 0.5) is 0 Å². The average molecular weight is 280 g/mol. The van der Waals surface area contributed by atoms with Crippen LogP contribution in [0.25, 0.3) is 17.2 Å². The molecule has 0 fully saturated rings. The van der Waals surface area contributed by atoms with Gasteiger partial charge in [0.2, 0.25) is 0 Å². The first-order valence-corrected chi connectivity index (χ1v) is 7.23. The molecule has 0 atom stereocenters. The van der Waals surface area contributed by atoms with E-state index in [-0.39, 0.29) is 0 Å². The van der Waals surface area contributed by atoms with E-state index < -0.39 is 0 Å². The van der Waals surface area contributed by atoms with Crippen LogP contribution < -0.4 is 4.74 Å². The number of phenolic OH excluding ortho intramolecular Hbond substituents is 1. The summed E-state index contributed by atoms with van der Waals surface area (Å²) < 4.78 is 5.44. The van der Waals surface area contributed by atoms with Crippen LogP contribution in [0, 0.1) is 13.8 Å². The van der Waals surface area contributed by atoms with Crippen LogP contribution in [0.3, 0.4) is 0 Å². The lowest BCUT2D eigenvalue weighted by Gasteiger charge is -2.26. The van der Waals surface area contributed by atoms with Gasteiger partial charge in [-0.1, -0.05) is 18.7 Å². The largest absolute Gasteiger partial charge is 0.508 e. The summed E-state index contributed by atoms with van der Waals surface area (Å²) in [4.78, 5) is 0. The normalized spacial score (nSPS) is 12.5. The highest BCUT2D eigenvalue weighted by Crippen LogP contribution is 2.43. The third-order valence-corrected chi connectivity index (χ3v) is 4.58. The van der Waals surface area contributed by atoms with Gasteiger partial charge in [-0.3, -0.25) is 0 Å². The van der Waals surface area contributed by atoms with E-state index in [0.717, 1.165) is 29.7 Å². The van der Waals surface area contributed by atoms with Gasteiger partial charge >= 0.3 is 0 Å². The van der Waals surface area contributed by atoms with Crippen molar-refractivity contribution in [1.82, 2.24) is 0 Å². The molecule has 108 valence electrons. The van der Waals surface area contributed by atoms with Gasteiger partial charge in [0.15, 0.2) is 0 Å². The molecule has 0 saturated heterocycles. The Balaban J connectivity index is 2.35. The van der Waals surface area contributed by atoms with Crippen LogP contribution in [0.15, 0.2) is 24.8 Å². The molecule has 1 N–H and O–H groups in total. The zero-order chi connectivity index (χ0) is 15.1. The number of fused-ring (bicyclic) bond motifs is 3. The Kier molecular flexibility index (Phi) is 3.25. The highest BCUT2D eigenvalue weighted by atomic mass is 16.5. The van der Waals surface area contributed by atoms with E-state index in [1.54, 1.807) is 7.11 Å². The fourth-order valence-electron chi connectivity index (χ4n) is 3.39. The molecule has 0 radical (unpaired) electrons. The Morgan fingerprint density at radius 2 is 1.95 bits per heavy atom. The SMILES string of the molecule is C=Cc1c(C)c(O)cc2c1-c1ccc(OC)c(C)c1CC2. The fourth-order valence-corrected chi connectivity index (χ4v) is 3.39. The summed E-state index contributed by atoms with van der Waals surface area (Å²) in [5.41, 5.74) is 8.14. The molecule has 2 nitrogen and oxygen atoms in total. The number of hydrogen-bond donors (Lipinski definition) is 1. The first-order valence-electron chi connectivity index (χ1n) is 7.23. The summed E-state index contributed by atoms with van der Waals surface area (Å²) in [6.45, 7) is 7.99. The van der Waals surface area contributed by atoms with Crippen LogP contribution in [0.2, 0.25) is 0 Å². The van der Waals surface area contributed by atoms with Crippen molar-refractivity contribution in [3.63, 3.8) is 0 Å². The van der Waals surface area contributed by atoms with Crippen molar-refractivity contribution in [3.8, 4) is 22.6 Å². The minimum absolute atomic E-state index is 0.359. The zero-order valence-electron chi connectivity index (χ0n) is 12.8. The Bertz CT molecular complexity index is 742. The fraction of sp³-hybridized carbons (Fsp3) is 0.263. The number of benzene rings is 2. The Morgan fingerprint density at radius 1 is 1.19 bits per heavy atom. The second-order valence-corrected chi connectivity index (χ2v) is 5.59. The van der Waals surface area contributed by atoms with Crippen molar-refractivity contribution >= 4 is 6.08 Å². The first-order chi connectivity index (χ1) is 10.1. The van der Waals surface area contributed by atoms with Gasteiger partial charge in [0.1, 0.15) is 11.5 Å². The predicted octanol–water partition coefficient (Wildman–Crippen LogP) is 4.43. The van der Waals surface area contributed by atoms with E-state index in [2.05, 4.69) is 19.6 Å². The van der Waals surface area contributed by atoms with E-state index in [1.807, 2.05) is 25.1 Å². The summed E-state index contributed by atoms with van der Waals surface area (Å²) in [6.07, 6.45) is 3.76. The summed E-state index contributed by atoms with van der Waals surface area (Å²) in [6, 6.07) is 6.06. The Morgan fingerprint density at radius 3 is 2.62 bits per heavy atom. The summed E-state index contributed by atoms with van der Waals surface area (Å²) in [5.74, 6) is 1.30. The van der Waals surface area contributed by atoms with Crippen molar-refractivity contribution in [2.24, 2.45) is 0 Å². The molecule has 0 heterocycles. The maximum Gasteiger partial charge on any atom is 0.122 e. The molecule has 3 rings (SSSR count). The second kappa shape index (κ2) is 4.96. The van der Waals surface area contributed by atoms with E-state index in [0.29, 0.717) is 5.75 Å². The van der Waals surface area contributed by atoms with E-state index >= 15 is 0 Å². The van der Waals surface area contributed by atoms with Crippen LogP contribution in [0.1, 0.15) is 27.8 Å². The standard InChI is InChI=1S/C19H20O2/c1-5-14-11(2)17(20)10-13-6-7-15-12(3)18(21-4)9-8-16(15)19(13)14/h5,8-10,20H,1,6-7H2,2-4H3. The number of methoxy groups -OCH3 is 1. The molecule has 2 aromatic carbocycles. The molecule has 2 heteroatoms. The third kappa shape index (κ3) is 1.94. The topological polar surface area (TPSA) is 29.5 Å². The maximum absolute atomic E-state index is 10.1. The molecular weight excluding hydrogens is 260 g/mol. The smallest absolute Gasteiger partial charge is 0.122 e. The number of rotatable bonds is 2. The minimum Gasteiger partial charge on any atom is -0.508 e. The molecule has 0 bridgehead atoms. The molecule has 0 saturated carbocycles. The number of aryl methyl sites for hydroxylation is 1. The highest BCUT2D eigenvalue weighted by molar-refractivity contribution is 5.85. The van der Waals surface area contributed by atoms with E-state index in [1.165, 1.54) is 27.8 Å². The average Bonchev–Trinajstić information content (AvgIpc) is 2.49. The molecule has 0 aliphatic heterocycles. The molecule has 0 aromatic heterocycles. The monoisotopic (exact) mass is 280 g/mol. The van der Waals surface area contributed by atoms with Crippen LogP contribution >= 0.6 is 0 Å². The van der Waals surface area contributed by atoms with Gasteiger partial charge < -0.3 is 9.84 Å². The lowest BCUT2D eigenvalue weighted by molar-refractivity contribution is 0.411. The van der Waals surface area contributed by atoms with Crippen molar-refractivity contribution in [2.45, 2.75) is 26.7 Å². The van der Waals surface area contributed by atoms with Gasteiger partial charge in [-0.05, 0) is 77.8 Å². The predicted molar refractivity (Wildman–Crippen MR) is 87.1 cm³/mol. The molecule has 0 amide bonds. The Labute approximate surface area is 125 Å². The van der Waals surface area contributed by atoms with Crippen molar-refractivity contribution < 1.29 is 9.84 Å². The summed E-state index contributed by atoms with van der Waals surface area (Å²) in [5, 5.41) is 10.1. The lowest BCUT2D eigenvalue weighted by atomic mass is 9.79. The molecule has 1 aliphatic rings. The van der Waals surface area contributed by atoms with Gasteiger partial charge in [0.25, 0.3) is 0 Å². The second-order valence-electron chi connectivity index (χ2n) is 5.59. The maximum atomic E-state index is 10.1. The zero-order valence-corrected chi connectivity index (χ0v) is 12.8. The van der Waals surface area contributed by atoms with Gasteiger partial charge in [-0.15, -0.1) is 0 Å². The van der Waals surface area contributed by atoms with Gasteiger partial charge in [-0.25, -0.2) is 0 Å². The minimum atomic E-state index is 0.359. The first kappa shape index (κ1) is 13.7. The van der Waals surface area contributed by atoms with E-state index in [9.17, 15) is 5.11 Å². The van der Waals surface area contributed by atoms with Gasteiger partial charge in [-0.2, -0.15) is 0 Å². The van der Waals surface area contributed by atoms with Crippen molar-refractivity contribution in [3.05, 3.63) is 52.6 Å². The number of phenols is 1. The van der Waals surface area contributed by atoms with Crippen LogP contribution in [-0.2, 0) is 12.8 Å². The number of hydrogen-bond acceptors (Lipinski definition) is 2. The molecule has 0 spiro atoms. The Hall–Kier alpha value is -2.22. The third-order valence-electron chi connectivity index (χ3n) is 4.58. The van der Waals surface area contributed by atoms with Gasteiger partial charge in [0, 0.05) is 0 Å².